The second kappa shape index (κ2) is 5.45. The van der Waals surface area contributed by atoms with Gasteiger partial charge in [-0.15, -0.1) is 0 Å². The van der Waals surface area contributed by atoms with Crippen LogP contribution >= 0.6 is 0 Å². The Kier molecular flexibility index (Phi) is 4.05. The molecule has 0 bridgehead atoms. The molecule has 0 N–H and O–H groups in total. The third-order valence-corrected chi connectivity index (χ3v) is 5.23. The van der Waals surface area contributed by atoms with Gasteiger partial charge in [0.1, 0.15) is 0 Å². The van der Waals surface area contributed by atoms with Crippen LogP contribution in [0.5, 0.6) is 0 Å². The van der Waals surface area contributed by atoms with Crippen LogP contribution in [0, 0.1) is 21.8 Å². The van der Waals surface area contributed by atoms with Gasteiger partial charge in [-0.2, -0.15) is 8.70 Å². The number of nitrogens with zero attached hydrogens (tertiary/aromatic N) is 2. The minimum Gasteiger partial charge on any atom is -0.258 e. The fourth-order valence-corrected chi connectivity index (χ4v) is 3.70. The molecule has 0 heterocycles. The number of nitro benzene ring substituents is 1. The van der Waals surface area contributed by atoms with E-state index in [0.29, 0.717) is 12.5 Å². The molecular weight excluding hydrogens is 287 g/mol. The first-order chi connectivity index (χ1) is 9.37. The number of hydrogen-bond donors (Lipinski definition) is 0. The van der Waals surface area contributed by atoms with E-state index in [2.05, 4.69) is 0 Å². The molecule has 0 aliphatic heterocycles. The average Bonchev–Trinajstić information content (AvgIpc) is 3.18. The van der Waals surface area contributed by atoms with E-state index in [0.717, 1.165) is 25.0 Å². The van der Waals surface area contributed by atoms with E-state index < -0.39 is 31.3 Å². The number of hydrogen-bond acceptors (Lipinski definition) is 4. The zero-order chi connectivity index (χ0) is 14.9. The molecule has 0 atom stereocenters. The Balaban J connectivity index is 2.47. The van der Waals surface area contributed by atoms with Crippen LogP contribution in [-0.4, -0.2) is 30.7 Å². The van der Waals surface area contributed by atoms with Crippen LogP contribution in [0.4, 0.5) is 10.1 Å². The standard InChI is InChI=1S/C12H15FN2O4S/c1-2-14(8-9-6-7-9)20(18,19)11-5-3-4-10(13)12(11)15(16)17/h3-5,9H,2,6-8H2,1H3. The molecule has 1 saturated carbocycles. The lowest BCUT2D eigenvalue weighted by molar-refractivity contribution is -0.390. The first-order valence-corrected chi connectivity index (χ1v) is 7.75. The predicted molar refractivity (Wildman–Crippen MR) is 70.2 cm³/mol. The molecule has 20 heavy (non-hydrogen) atoms. The Morgan fingerprint density at radius 2 is 2.10 bits per heavy atom. The molecule has 0 radical (unpaired) electrons. The van der Waals surface area contributed by atoms with E-state index in [1.807, 2.05) is 0 Å². The maximum absolute atomic E-state index is 13.5. The molecule has 110 valence electrons. The smallest absolute Gasteiger partial charge is 0.258 e. The Morgan fingerprint density at radius 1 is 1.45 bits per heavy atom. The van der Waals surface area contributed by atoms with Gasteiger partial charge in [-0.1, -0.05) is 13.0 Å². The van der Waals surface area contributed by atoms with Crippen molar-refractivity contribution in [2.75, 3.05) is 13.1 Å². The van der Waals surface area contributed by atoms with E-state index in [9.17, 15) is 22.9 Å². The average molecular weight is 302 g/mol. The fraction of sp³-hybridized carbons (Fsp3) is 0.500. The van der Waals surface area contributed by atoms with Crippen molar-refractivity contribution in [3.05, 3.63) is 34.1 Å². The molecule has 1 aromatic carbocycles. The van der Waals surface area contributed by atoms with Crippen LogP contribution in [0.25, 0.3) is 0 Å². The summed E-state index contributed by atoms with van der Waals surface area (Å²) in [7, 11) is -4.05. The number of nitro groups is 1. The second-order valence-electron chi connectivity index (χ2n) is 4.74. The van der Waals surface area contributed by atoms with Crippen LogP contribution in [-0.2, 0) is 10.0 Å². The van der Waals surface area contributed by atoms with Gasteiger partial charge in [0, 0.05) is 13.1 Å². The molecule has 0 spiro atoms. The topological polar surface area (TPSA) is 80.5 Å². The third kappa shape index (κ3) is 2.80. The normalized spacial score (nSPS) is 15.6. The Labute approximate surface area is 116 Å². The number of halogens is 1. The summed E-state index contributed by atoms with van der Waals surface area (Å²) in [5.74, 6) is -0.837. The summed E-state index contributed by atoms with van der Waals surface area (Å²) in [5, 5.41) is 10.9. The summed E-state index contributed by atoms with van der Waals surface area (Å²) in [5.41, 5.74) is -0.984. The molecule has 0 unspecified atom stereocenters. The number of benzene rings is 1. The predicted octanol–water partition coefficient (Wildman–Crippen LogP) is 2.15. The quantitative estimate of drug-likeness (QED) is 0.595. The van der Waals surface area contributed by atoms with E-state index in [1.54, 1.807) is 6.92 Å². The van der Waals surface area contributed by atoms with E-state index in [1.165, 1.54) is 10.4 Å². The summed E-state index contributed by atoms with van der Waals surface area (Å²) in [4.78, 5) is 9.35. The highest BCUT2D eigenvalue weighted by Crippen LogP contribution is 2.34. The SMILES string of the molecule is CCN(CC1CC1)S(=O)(=O)c1cccc(F)c1[N+](=O)[O-]. The van der Waals surface area contributed by atoms with E-state index >= 15 is 0 Å². The first kappa shape index (κ1) is 14.9. The number of para-hydroxylation sites is 1. The van der Waals surface area contributed by atoms with Crippen molar-refractivity contribution in [3.63, 3.8) is 0 Å². The van der Waals surface area contributed by atoms with Crippen LogP contribution in [0.2, 0.25) is 0 Å². The van der Waals surface area contributed by atoms with Gasteiger partial charge in [0.05, 0.1) is 4.92 Å². The molecule has 6 nitrogen and oxygen atoms in total. The lowest BCUT2D eigenvalue weighted by Gasteiger charge is -2.20. The van der Waals surface area contributed by atoms with Gasteiger partial charge in [0.25, 0.3) is 0 Å². The van der Waals surface area contributed by atoms with Crippen molar-refractivity contribution >= 4 is 15.7 Å². The summed E-state index contributed by atoms with van der Waals surface area (Å²) >= 11 is 0. The number of rotatable bonds is 6. The van der Waals surface area contributed by atoms with Crippen LogP contribution in [0.1, 0.15) is 19.8 Å². The minimum atomic E-state index is -4.05. The third-order valence-electron chi connectivity index (χ3n) is 3.26. The molecule has 1 fully saturated rings. The van der Waals surface area contributed by atoms with Gasteiger partial charge in [0.2, 0.25) is 15.8 Å². The van der Waals surface area contributed by atoms with Crippen molar-refractivity contribution in [3.8, 4) is 0 Å². The largest absolute Gasteiger partial charge is 0.324 e. The lowest BCUT2D eigenvalue weighted by atomic mass is 10.3. The summed E-state index contributed by atoms with van der Waals surface area (Å²) in [6.45, 7) is 2.18. The van der Waals surface area contributed by atoms with Crippen molar-refractivity contribution in [1.82, 2.24) is 4.31 Å². The fourth-order valence-electron chi connectivity index (χ4n) is 2.01. The Morgan fingerprint density at radius 3 is 2.60 bits per heavy atom. The van der Waals surface area contributed by atoms with Crippen LogP contribution in [0.3, 0.4) is 0 Å². The maximum Gasteiger partial charge on any atom is 0.324 e. The van der Waals surface area contributed by atoms with Crippen LogP contribution < -0.4 is 0 Å². The van der Waals surface area contributed by atoms with Crippen molar-refractivity contribution in [1.29, 1.82) is 0 Å². The van der Waals surface area contributed by atoms with Crippen molar-refractivity contribution in [2.24, 2.45) is 5.92 Å². The van der Waals surface area contributed by atoms with Gasteiger partial charge < -0.3 is 0 Å². The second-order valence-corrected chi connectivity index (χ2v) is 6.65. The first-order valence-electron chi connectivity index (χ1n) is 6.31. The van der Waals surface area contributed by atoms with Crippen molar-refractivity contribution in [2.45, 2.75) is 24.7 Å². The lowest BCUT2D eigenvalue weighted by Crippen LogP contribution is -2.33. The van der Waals surface area contributed by atoms with Gasteiger partial charge in [-0.25, -0.2) is 8.42 Å². The summed E-state index contributed by atoms with van der Waals surface area (Å²) in [6, 6.07) is 3.13. The van der Waals surface area contributed by atoms with Gasteiger partial charge >= 0.3 is 5.69 Å². The zero-order valence-electron chi connectivity index (χ0n) is 11.0. The summed E-state index contributed by atoms with van der Waals surface area (Å²) < 4.78 is 39.6. The molecule has 1 aliphatic rings. The number of sulfonamides is 1. The monoisotopic (exact) mass is 302 g/mol. The molecule has 8 heteroatoms. The highest BCUT2D eigenvalue weighted by atomic mass is 32.2. The van der Waals surface area contributed by atoms with E-state index in [-0.39, 0.29) is 6.54 Å². The highest BCUT2D eigenvalue weighted by molar-refractivity contribution is 7.89. The van der Waals surface area contributed by atoms with Gasteiger partial charge in [-0.3, -0.25) is 10.1 Å². The van der Waals surface area contributed by atoms with Gasteiger partial charge in [0.15, 0.2) is 4.90 Å². The molecule has 2 rings (SSSR count). The molecule has 1 aromatic rings. The summed E-state index contributed by atoms with van der Waals surface area (Å²) in [6.07, 6.45) is 1.91. The maximum atomic E-state index is 13.5. The Bertz CT molecular complexity index is 628. The zero-order valence-corrected chi connectivity index (χ0v) is 11.8. The van der Waals surface area contributed by atoms with E-state index in [4.69, 9.17) is 0 Å². The molecular formula is C12H15FN2O4S. The highest BCUT2D eigenvalue weighted by Gasteiger charge is 2.36. The molecule has 0 saturated heterocycles. The molecule has 0 amide bonds. The Hall–Kier alpha value is -1.54. The van der Waals surface area contributed by atoms with Gasteiger partial charge in [-0.05, 0) is 30.9 Å². The van der Waals surface area contributed by atoms with Crippen molar-refractivity contribution < 1.29 is 17.7 Å². The molecule has 0 aromatic heterocycles. The molecule has 1 aliphatic carbocycles. The minimum absolute atomic E-state index is 0.201. The van der Waals surface area contributed by atoms with Crippen LogP contribution in [0.15, 0.2) is 23.1 Å².